The average molecular weight is 353 g/mol. The van der Waals surface area contributed by atoms with E-state index in [0.717, 1.165) is 42.3 Å². The monoisotopic (exact) mass is 353 g/mol. The highest BCUT2D eigenvalue weighted by Crippen LogP contribution is 2.19. The first-order chi connectivity index (χ1) is 12.5. The number of carbonyl (C=O) groups excluding carboxylic acids is 1. The number of amides is 1. The number of carbonyl (C=O) groups is 1. The lowest BCUT2D eigenvalue weighted by Gasteiger charge is -2.35. The molecule has 0 atom stereocenters. The number of rotatable bonds is 4. The summed E-state index contributed by atoms with van der Waals surface area (Å²) in [5, 5.41) is 3.17. The Labute approximate surface area is 155 Å². The maximum absolute atomic E-state index is 12.8. The van der Waals surface area contributed by atoms with Gasteiger partial charge in [-0.05, 0) is 39.3 Å². The molecule has 0 spiro atoms. The van der Waals surface area contributed by atoms with Crippen molar-refractivity contribution in [3.05, 3.63) is 46.6 Å². The van der Waals surface area contributed by atoms with Crippen LogP contribution in [-0.2, 0) is 0 Å². The van der Waals surface area contributed by atoms with Crippen molar-refractivity contribution in [3.63, 3.8) is 0 Å². The van der Waals surface area contributed by atoms with Crippen LogP contribution in [0.25, 0.3) is 0 Å². The lowest BCUT2D eigenvalue weighted by Crippen LogP contribution is -2.49. The Morgan fingerprint density at radius 2 is 1.81 bits per heavy atom. The lowest BCUT2D eigenvalue weighted by molar-refractivity contribution is 0.0746. The van der Waals surface area contributed by atoms with E-state index in [9.17, 15) is 4.79 Å². The molecule has 1 aromatic carbocycles. The Kier molecular flexibility index (Phi) is 5.40. The van der Waals surface area contributed by atoms with Gasteiger partial charge in [-0.3, -0.25) is 4.79 Å². The van der Waals surface area contributed by atoms with Gasteiger partial charge in [0.15, 0.2) is 0 Å². The normalized spacial score (nSPS) is 14.5. The predicted molar refractivity (Wildman–Crippen MR) is 105 cm³/mol. The van der Waals surface area contributed by atoms with Gasteiger partial charge in [-0.1, -0.05) is 17.7 Å². The third-order valence-electron chi connectivity index (χ3n) is 4.68. The molecule has 1 saturated heterocycles. The maximum Gasteiger partial charge on any atom is 0.254 e. The van der Waals surface area contributed by atoms with Gasteiger partial charge in [0, 0.05) is 50.0 Å². The van der Waals surface area contributed by atoms with Crippen molar-refractivity contribution < 1.29 is 4.79 Å². The molecule has 3 rings (SSSR count). The fourth-order valence-electron chi connectivity index (χ4n) is 3.31. The number of aryl methyl sites for hydroxylation is 3. The number of anilines is 2. The van der Waals surface area contributed by atoms with Crippen LogP contribution >= 0.6 is 0 Å². The highest BCUT2D eigenvalue weighted by molar-refractivity contribution is 5.95. The molecule has 6 heteroatoms. The van der Waals surface area contributed by atoms with Crippen molar-refractivity contribution >= 4 is 17.7 Å². The molecule has 1 amide bonds. The van der Waals surface area contributed by atoms with E-state index in [1.165, 1.54) is 5.56 Å². The second kappa shape index (κ2) is 7.72. The highest BCUT2D eigenvalue weighted by atomic mass is 16.2. The van der Waals surface area contributed by atoms with Crippen molar-refractivity contribution in [2.75, 3.05) is 42.9 Å². The number of aromatic nitrogens is 2. The molecule has 138 valence electrons. The van der Waals surface area contributed by atoms with Crippen molar-refractivity contribution in [2.24, 2.45) is 0 Å². The maximum atomic E-state index is 12.8. The number of nitrogens with one attached hydrogen (secondary N) is 1. The van der Waals surface area contributed by atoms with Gasteiger partial charge in [0.05, 0.1) is 0 Å². The van der Waals surface area contributed by atoms with E-state index in [-0.39, 0.29) is 5.91 Å². The van der Waals surface area contributed by atoms with Crippen LogP contribution in [0.3, 0.4) is 0 Å². The topological polar surface area (TPSA) is 61.4 Å². The number of benzene rings is 1. The molecule has 1 N–H and O–H groups in total. The van der Waals surface area contributed by atoms with Crippen LogP contribution in [0.15, 0.2) is 24.3 Å². The highest BCUT2D eigenvalue weighted by Gasteiger charge is 2.24. The zero-order valence-corrected chi connectivity index (χ0v) is 16.0. The first-order valence-electron chi connectivity index (χ1n) is 9.19. The van der Waals surface area contributed by atoms with Crippen LogP contribution < -0.4 is 10.2 Å². The summed E-state index contributed by atoms with van der Waals surface area (Å²) in [5.74, 6) is 1.71. The molecule has 1 fully saturated rings. The quantitative estimate of drug-likeness (QED) is 0.916. The minimum Gasteiger partial charge on any atom is -0.354 e. The van der Waals surface area contributed by atoms with Gasteiger partial charge in [0.2, 0.25) is 5.95 Å². The average Bonchev–Trinajstić information content (AvgIpc) is 2.61. The third-order valence-corrected chi connectivity index (χ3v) is 4.68. The fourth-order valence-corrected chi connectivity index (χ4v) is 3.31. The second-order valence-corrected chi connectivity index (χ2v) is 6.82. The first kappa shape index (κ1) is 18.2. The molecule has 1 aromatic heterocycles. The molecule has 0 saturated carbocycles. The molecule has 0 radical (unpaired) electrons. The van der Waals surface area contributed by atoms with Gasteiger partial charge in [-0.25, -0.2) is 4.98 Å². The molecule has 1 aliphatic heterocycles. The lowest BCUT2D eigenvalue weighted by atomic mass is 10.0. The molecule has 0 unspecified atom stereocenters. The Morgan fingerprint density at radius 3 is 2.46 bits per heavy atom. The summed E-state index contributed by atoms with van der Waals surface area (Å²) in [5.41, 5.74) is 3.97. The molecular formula is C20H27N5O. The SMILES string of the molecule is CCNc1nc(C)cc(N2CCN(C(=O)c3ccc(C)cc3C)CC2)n1. The molecular weight excluding hydrogens is 326 g/mol. The Hall–Kier alpha value is -2.63. The Morgan fingerprint density at radius 1 is 1.08 bits per heavy atom. The van der Waals surface area contributed by atoms with Crippen LogP contribution in [0.2, 0.25) is 0 Å². The smallest absolute Gasteiger partial charge is 0.254 e. The fraction of sp³-hybridized carbons (Fsp3) is 0.450. The molecule has 6 nitrogen and oxygen atoms in total. The van der Waals surface area contributed by atoms with E-state index in [2.05, 4.69) is 26.3 Å². The van der Waals surface area contributed by atoms with E-state index in [1.54, 1.807) is 0 Å². The molecule has 26 heavy (non-hydrogen) atoms. The number of hydrogen-bond donors (Lipinski definition) is 1. The third kappa shape index (κ3) is 3.95. The summed E-state index contributed by atoms with van der Waals surface area (Å²) >= 11 is 0. The van der Waals surface area contributed by atoms with E-state index in [4.69, 9.17) is 0 Å². The van der Waals surface area contributed by atoms with Gasteiger partial charge in [-0.15, -0.1) is 0 Å². The zero-order valence-electron chi connectivity index (χ0n) is 16.0. The van der Waals surface area contributed by atoms with E-state index in [0.29, 0.717) is 19.0 Å². The predicted octanol–water partition coefficient (Wildman–Crippen LogP) is 2.80. The van der Waals surface area contributed by atoms with Gasteiger partial charge in [-0.2, -0.15) is 4.98 Å². The molecule has 0 aliphatic carbocycles. The van der Waals surface area contributed by atoms with Crippen molar-refractivity contribution in [1.29, 1.82) is 0 Å². The van der Waals surface area contributed by atoms with E-state index >= 15 is 0 Å². The summed E-state index contributed by atoms with van der Waals surface area (Å²) < 4.78 is 0. The summed E-state index contributed by atoms with van der Waals surface area (Å²) in [4.78, 5) is 26.0. The summed E-state index contributed by atoms with van der Waals surface area (Å²) in [7, 11) is 0. The summed E-state index contributed by atoms with van der Waals surface area (Å²) in [6.45, 7) is 11.8. The minimum atomic E-state index is 0.120. The number of hydrogen-bond acceptors (Lipinski definition) is 5. The molecule has 2 aromatic rings. The van der Waals surface area contributed by atoms with E-state index in [1.807, 2.05) is 50.8 Å². The molecule has 0 bridgehead atoms. The molecule has 1 aliphatic rings. The standard InChI is InChI=1S/C20H27N5O/c1-5-21-20-22-16(4)13-18(23-20)24-8-10-25(11-9-24)19(26)17-7-6-14(2)12-15(17)3/h6-7,12-13H,5,8-11H2,1-4H3,(H,21,22,23). The van der Waals surface area contributed by atoms with Crippen molar-refractivity contribution in [1.82, 2.24) is 14.9 Å². The largest absolute Gasteiger partial charge is 0.354 e. The summed E-state index contributed by atoms with van der Waals surface area (Å²) in [6.07, 6.45) is 0. The van der Waals surface area contributed by atoms with Crippen LogP contribution in [0.5, 0.6) is 0 Å². The van der Waals surface area contributed by atoms with Crippen molar-refractivity contribution in [2.45, 2.75) is 27.7 Å². The minimum absolute atomic E-state index is 0.120. The van der Waals surface area contributed by atoms with Crippen LogP contribution in [-0.4, -0.2) is 53.5 Å². The van der Waals surface area contributed by atoms with E-state index < -0.39 is 0 Å². The van der Waals surface area contributed by atoms with Crippen LogP contribution in [0, 0.1) is 20.8 Å². The summed E-state index contributed by atoms with van der Waals surface area (Å²) in [6, 6.07) is 8.01. The van der Waals surface area contributed by atoms with Gasteiger partial charge >= 0.3 is 0 Å². The molecule has 2 heterocycles. The Bertz CT molecular complexity index is 797. The first-order valence-corrected chi connectivity index (χ1v) is 9.19. The van der Waals surface area contributed by atoms with Gasteiger partial charge in [0.25, 0.3) is 5.91 Å². The number of piperazine rings is 1. The van der Waals surface area contributed by atoms with Crippen molar-refractivity contribution in [3.8, 4) is 0 Å². The van der Waals surface area contributed by atoms with Crippen LogP contribution in [0.4, 0.5) is 11.8 Å². The van der Waals surface area contributed by atoms with Gasteiger partial charge < -0.3 is 15.1 Å². The van der Waals surface area contributed by atoms with Gasteiger partial charge in [0.1, 0.15) is 5.82 Å². The Balaban J connectivity index is 1.68. The number of nitrogens with zero attached hydrogens (tertiary/aromatic N) is 4. The zero-order chi connectivity index (χ0) is 18.7. The second-order valence-electron chi connectivity index (χ2n) is 6.82. The van der Waals surface area contributed by atoms with Crippen LogP contribution in [0.1, 0.15) is 34.1 Å².